The Labute approximate surface area is 159 Å². The van der Waals surface area contributed by atoms with E-state index in [0.29, 0.717) is 16.9 Å². The molecule has 1 amide bonds. The first kappa shape index (κ1) is 19.7. The monoisotopic (exact) mass is 384 g/mol. The fourth-order valence-electron chi connectivity index (χ4n) is 3.60. The Morgan fingerprint density at radius 1 is 1.16 bits per heavy atom. The molecule has 2 fully saturated rings. The van der Waals surface area contributed by atoms with Gasteiger partial charge in [-0.3, -0.25) is 9.78 Å². The van der Waals surface area contributed by atoms with Crippen LogP contribution in [0.3, 0.4) is 0 Å². The number of rotatable bonds is 2. The minimum atomic E-state index is -0.0325. The van der Waals surface area contributed by atoms with Gasteiger partial charge in [0.05, 0.1) is 0 Å². The van der Waals surface area contributed by atoms with Crippen LogP contribution < -0.4 is 5.32 Å². The number of likely N-dealkylation sites (tertiary alicyclic amines) is 1. The number of carbonyl (C=O) groups excluding carboxylic acids is 1. The standard InChI is InChI=1S/C17H20N4O2.2ClH/c22-16(21-9-4-17(5-10-21)3-8-19-12-17)14-11-15(23-20-14)13-1-6-18-7-2-13;;/h1-2,6-7,11,19H,3-5,8-10,12H2;2*1H. The lowest BCUT2D eigenvalue weighted by atomic mass is 9.78. The lowest BCUT2D eigenvalue weighted by Gasteiger charge is -2.38. The summed E-state index contributed by atoms with van der Waals surface area (Å²) in [5.74, 6) is 0.569. The minimum Gasteiger partial charge on any atom is -0.355 e. The highest BCUT2D eigenvalue weighted by Gasteiger charge is 2.38. The summed E-state index contributed by atoms with van der Waals surface area (Å²) in [5.41, 5.74) is 1.67. The van der Waals surface area contributed by atoms with Gasteiger partial charge >= 0.3 is 0 Å². The Hall–Kier alpha value is -1.63. The van der Waals surface area contributed by atoms with Crippen LogP contribution in [0.25, 0.3) is 11.3 Å². The Morgan fingerprint density at radius 3 is 2.52 bits per heavy atom. The van der Waals surface area contributed by atoms with Crippen molar-refractivity contribution < 1.29 is 9.32 Å². The van der Waals surface area contributed by atoms with Gasteiger partial charge in [0.15, 0.2) is 11.5 Å². The smallest absolute Gasteiger partial charge is 0.276 e. The van der Waals surface area contributed by atoms with Crippen molar-refractivity contribution in [2.24, 2.45) is 5.41 Å². The van der Waals surface area contributed by atoms with Gasteiger partial charge in [0.25, 0.3) is 5.91 Å². The second-order valence-electron chi connectivity index (χ2n) is 6.53. The van der Waals surface area contributed by atoms with E-state index in [0.717, 1.165) is 44.6 Å². The van der Waals surface area contributed by atoms with Crippen LogP contribution in [-0.2, 0) is 0 Å². The average molecular weight is 385 g/mol. The topological polar surface area (TPSA) is 71.3 Å². The number of halogens is 2. The van der Waals surface area contributed by atoms with Crippen molar-refractivity contribution in [3.8, 4) is 11.3 Å². The maximum atomic E-state index is 12.6. The highest BCUT2D eigenvalue weighted by molar-refractivity contribution is 5.93. The Balaban J connectivity index is 0.00000113. The predicted octanol–water partition coefficient (Wildman–Crippen LogP) is 2.80. The van der Waals surface area contributed by atoms with E-state index in [4.69, 9.17) is 4.52 Å². The SMILES string of the molecule is Cl.Cl.O=C(c1cc(-c2ccncc2)on1)N1CCC2(CCNC2)CC1. The molecule has 0 radical (unpaired) electrons. The summed E-state index contributed by atoms with van der Waals surface area (Å²) in [6.07, 6.45) is 6.75. The second-order valence-corrected chi connectivity index (χ2v) is 6.53. The van der Waals surface area contributed by atoms with E-state index in [2.05, 4.69) is 15.5 Å². The van der Waals surface area contributed by atoms with Crippen molar-refractivity contribution in [1.82, 2.24) is 20.4 Å². The van der Waals surface area contributed by atoms with Gasteiger partial charge in [-0.15, -0.1) is 24.8 Å². The van der Waals surface area contributed by atoms with Crippen LogP contribution in [-0.4, -0.2) is 47.1 Å². The summed E-state index contributed by atoms with van der Waals surface area (Å²) >= 11 is 0. The van der Waals surface area contributed by atoms with Gasteiger partial charge in [0, 0.05) is 43.7 Å². The van der Waals surface area contributed by atoms with Crippen LogP contribution in [0.1, 0.15) is 29.8 Å². The number of pyridine rings is 1. The van der Waals surface area contributed by atoms with E-state index in [1.165, 1.54) is 6.42 Å². The van der Waals surface area contributed by atoms with Gasteiger partial charge in [-0.1, -0.05) is 5.16 Å². The second kappa shape index (κ2) is 8.17. The van der Waals surface area contributed by atoms with Gasteiger partial charge in [-0.25, -0.2) is 0 Å². The zero-order valence-electron chi connectivity index (χ0n) is 13.8. The third-order valence-corrected chi connectivity index (χ3v) is 5.14. The number of amides is 1. The fraction of sp³-hybridized carbons (Fsp3) is 0.471. The van der Waals surface area contributed by atoms with Crippen molar-refractivity contribution in [2.75, 3.05) is 26.2 Å². The van der Waals surface area contributed by atoms with Gasteiger partial charge in [-0.05, 0) is 43.4 Å². The highest BCUT2D eigenvalue weighted by Crippen LogP contribution is 2.37. The molecule has 2 aromatic rings. The van der Waals surface area contributed by atoms with Crippen LogP contribution >= 0.6 is 24.8 Å². The number of hydrogen-bond donors (Lipinski definition) is 1. The van der Waals surface area contributed by atoms with Crippen molar-refractivity contribution in [2.45, 2.75) is 19.3 Å². The largest absolute Gasteiger partial charge is 0.355 e. The molecule has 0 aliphatic carbocycles. The van der Waals surface area contributed by atoms with E-state index in [1.807, 2.05) is 17.0 Å². The van der Waals surface area contributed by atoms with E-state index >= 15 is 0 Å². The van der Waals surface area contributed by atoms with E-state index in [1.54, 1.807) is 18.5 Å². The summed E-state index contributed by atoms with van der Waals surface area (Å²) < 4.78 is 5.32. The number of piperidine rings is 1. The molecule has 2 aliphatic heterocycles. The number of aromatic nitrogens is 2. The van der Waals surface area contributed by atoms with Gasteiger partial charge in [-0.2, -0.15) is 0 Å². The molecular formula is C17H22Cl2N4O2. The van der Waals surface area contributed by atoms with Crippen LogP contribution in [0, 0.1) is 5.41 Å². The third kappa shape index (κ3) is 3.97. The molecule has 0 bridgehead atoms. The number of carbonyl (C=O) groups is 1. The predicted molar refractivity (Wildman–Crippen MR) is 99.3 cm³/mol. The molecule has 1 N–H and O–H groups in total. The highest BCUT2D eigenvalue weighted by atomic mass is 35.5. The molecule has 0 aromatic carbocycles. The zero-order chi connectivity index (χ0) is 15.7. The van der Waals surface area contributed by atoms with Crippen LogP contribution in [0.15, 0.2) is 35.1 Å². The van der Waals surface area contributed by atoms with Crippen LogP contribution in [0.2, 0.25) is 0 Å². The lowest BCUT2D eigenvalue weighted by Crippen LogP contribution is -2.44. The third-order valence-electron chi connectivity index (χ3n) is 5.14. The number of nitrogens with zero attached hydrogens (tertiary/aromatic N) is 3. The lowest BCUT2D eigenvalue weighted by molar-refractivity contribution is 0.0598. The molecule has 4 heterocycles. The molecule has 0 unspecified atom stereocenters. The Kier molecular flexibility index (Phi) is 6.43. The summed E-state index contributed by atoms with van der Waals surface area (Å²) in [6.45, 7) is 3.80. The quantitative estimate of drug-likeness (QED) is 0.861. The van der Waals surface area contributed by atoms with E-state index in [9.17, 15) is 4.79 Å². The Morgan fingerprint density at radius 2 is 1.88 bits per heavy atom. The first-order valence-electron chi connectivity index (χ1n) is 8.13. The fourth-order valence-corrected chi connectivity index (χ4v) is 3.60. The maximum Gasteiger partial charge on any atom is 0.276 e. The minimum absolute atomic E-state index is 0. The number of nitrogens with one attached hydrogen (secondary N) is 1. The van der Waals surface area contributed by atoms with E-state index in [-0.39, 0.29) is 30.7 Å². The van der Waals surface area contributed by atoms with Crippen molar-refractivity contribution in [1.29, 1.82) is 0 Å². The van der Waals surface area contributed by atoms with Crippen molar-refractivity contribution in [3.63, 3.8) is 0 Å². The molecular weight excluding hydrogens is 363 g/mol. The molecule has 0 saturated carbocycles. The van der Waals surface area contributed by atoms with Gasteiger partial charge < -0.3 is 14.7 Å². The van der Waals surface area contributed by atoms with Gasteiger partial charge in [0.1, 0.15) is 0 Å². The first-order valence-corrected chi connectivity index (χ1v) is 8.13. The Bertz CT molecular complexity index is 692. The molecule has 0 atom stereocenters. The van der Waals surface area contributed by atoms with Crippen LogP contribution in [0.5, 0.6) is 0 Å². The molecule has 1 spiro atoms. The molecule has 25 heavy (non-hydrogen) atoms. The van der Waals surface area contributed by atoms with E-state index < -0.39 is 0 Å². The molecule has 136 valence electrons. The van der Waals surface area contributed by atoms with Crippen molar-refractivity contribution in [3.05, 3.63) is 36.3 Å². The molecule has 2 aromatic heterocycles. The summed E-state index contributed by atoms with van der Waals surface area (Å²) in [7, 11) is 0. The summed E-state index contributed by atoms with van der Waals surface area (Å²) in [6, 6.07) is 5.40. The number of hydrogen-bond acceptors (Lipinski definition) is 5. The average Bonchev–Trinajstić information content (AvgIpc) is 3.26. The van der Waals surface area contributed by atoms with Crippen LogP contribution in [0.4, 0.5) is 0 Å². The molecule has 2 saturated heterocycles. The normalized spacial score (nSPS) is 18.5. The zero-order valence-corrected chi connectivity index (χ0v) is 15.4. The molecule has 8 heteroatoms. The summed E-state index contributed by atoms with van der Waals surface area (Å²) in [4.78, 5) is 18.5. The molecule has 6 nitrogen and oxygen atoms in total. The van der Waals surface area contributed by atoms with Crippen molar-refractivity contribution >= 4 is 30.7 Å². The molecule has 2 aliphatic rings. The maximum absolute atomic E-state index is 12.6. The first-order chi connectivity index (χ1) is 11.3. The van der Waals surface area contributed by atoms with Gasteiger partial charge in [0.2, 0.25) is 0 Å². The molecule has 4 rings (SSSR count). The summed E-state index contributed by atoms with van der Waals surface area (Å²) in [5, 5.41) is 7.40.